The lowest BCUT2D eigenvalue weighted by Crippen LogP contribution is -2.19. The van der Waals surface area contributed by atoms with E-state index >= 15 is 0 Å². The number of aromatic nitrogens is 2. The first-order chi connectivity index (χ1) is 8.21. The molecule has 6 heteroatoms. The van der Waals surface area contributed by atoms with E-state index in [9.17, 15) is 0 Å². The van der Waals surface area contributed by atoms with Gasteiger partial charge in [0.1, 0.15) is 5.82 Å². The Morgan fingerprint density at radius 1 is 1.41 bits per heavy atom. The summed E-state index contributed by atoms with van der Waals surface area (Å²) in [5.74, 6) is 6.57. The molecule has 0 bridgehead atoms. The summed E-state index contributed by atoms with van der Waals surface area (Å²) >= 11 is 0. The molecule has 1 aliphatic rings. The summed E-state index contributed by atoms with van der Waals surface area (Å²) in [4.78, 5) is 8.41. The summed E-state index contributed by atoms with van der Waals surface area (Å²) in [6.45, 7) is 1.92. The largest absolute Gasteiger partial charge is 0.381 e. The quantitative estimate of drug-likeness (QED) is 0.536. The Morgan fingerprint density at radius 2 is 2.24 bits per heavy atom. The van der Waals surface area contributed by atoms with Crippen LogP contribution < -0.4 is 16.6 Å². The topological polar surface area (TPSA) is 85.1 Å². The number of aryl methyl sites for hydroxylation is 1. The molecule has 0 aromatic carbocycles. The summed E-state index contributed by atoms with van der Waals surface area (Å²) < 4.78 is 5.34. The standard InChI is InChI=1S/C11H19N5O/c1-7-5-10(15-11(13-7)16-12)14-8-3-4-9(6-8)17-2/h5,8-9H,3-4,6,12H2,1-2H3,(H2,13,14,15,16). The van der Waals surface area contributed by atoms with Gasteiger partial charge in [-0.2, -0.15) is 4.98 Å². The molecule has 0 saturated heterocycles. The zero-order valence-corrected chi connectivity index (χ0v) is 10.2. The molecule has 1 fully saturated rings. The molecule has 0 amide bonds. The molecule has 17 heavy (non-hydrogen) atoms. The second kappa shape index (κ2) is 5.29. The maximum atomic E-state index is 5.34. The molecule has 1 saturated carbocycles. The van der Waals surface area contributed by atoms with Gasteiger partial charge in [-0.3, -0.25) is 5.43 Å². The fourth-order valence-corrected chi connectivity index (χ4v) is 2.20. The van der Waals surface area contributed by atoms with E-state index in [2.05, 4.69) is 20.7 Å². The number of anilines is 2. The highest BCUT2D eigenvalue weighted by Gasteiger charge is 2.24. The monoisotopic (exact) mass is 237 g/mol. The highest BCUT2D eigenvalue weighted by atomic mass is 16.5. The predicted octanol–water partition coefficient (Wildman–Crippen LogP) is 1.05. The summed E-state index contributed by atoms with van der Waals surface area (Å²) in [6.07, 6.45) is 3.58. The average Bonchev–Trinajstić information content (AvgIpc) is 2.76. The van der Waals surface area contributed by atoms with Crippen molar-refractivity contribution in [2.24, 2.45) is 5.84 Å². The van der Waals surface area contributed by atoms with Crippen molar-refractivity contribution in [1.82, 2.24) is 9.97 Å². The van der Waals surface area contributed by atoms with Gasteiger partial charge < -0.3 is 10.1 Å². The van der Waals surface area contributed by atoms with Gasteiger partial charge in [-0.15, -0.1) is 0 Å². The Kier molecular flexibility index (Phi) is 3.75. The number of hydrogen-bond donors (Lipinski definition) is 3. The van der Waals surface area contributed by atoms with Gasteiger partial charge in [-0.05, 0) is 26.2 Å². The smallest absolute Gasteiger partial charge is 0.239 e. The van der Waals surface area contributed by atoms with E-state index < -0.39 is 0 Å². The minimum Gasteiger partial charge on any atom is -0.381 e. The van der Waals surface area contributed by atoms with Gasteiger partial charge in [0.2, 0.25) is 5.95 Å². The fraction of sp³-hybridized carbons (Fsp3) is 0.636. The van der Waals surface area contributed by atoms with Crippen LogP contribution in [0.4, 0.5) is 11.8 Å². The molecule has 2 rings (SSSR count). The van der Waals surface area contributed by atoms with Crippen molar-refractivity contribution >= 4 is 11.8 Å². The third kappa shape index (κ3) is 3.04. The minimum absolute atomic E-state index is 0.363. The average molecular weight is 237 g/mol. The fourth-order valence-electron chi connectivity index (χ4n) is 2.20. The molecule has 0 spiro atoms. The lowest BCUT2D eigenvalue weighted by atomic mass is 10.2. The zero-order chi connectivity index (χ0) is 12.3. The van der Waals surface area contributed by atoms with Gasteiger partial charge in [0.25, 0.3) is 0 Å². The van der Waals surface area contributed by atoms with E-state index in [1.165, 1.54) is 0 Å². The number of rotatable bonds is 4. The van der Waals surface area contributed by atoms with Crippen LogP contribution >= 0.6 is 0 Å². The van der Waals surface area contributed by atoms with Crippen LogP contribution in [0.2, 0.25) is 0 Å². The van der Waals surface area contributed by atoms with Crippen molar-refractivity contribution in [3.63, 3.8) is 0 Å². The third-order valence-electron chi connectivity index (χ3n) is 3.05. The minimum atomic E-state index is 0.363. The lowest BCUT2D eigenvalue weighted by Gasteiger charge is -2.14. The molecule has 94 valence electrons. The molecule has 6 nitrogen and oxygen atoms in total. The number of hydrogen-bond acceptors (Lipinski definition) is 6. The van der Waals surface area contributed by atoms with Gasteiger partial charge in [-0.25, -0.2) is 10.8 Å². The van der Waals surface area contributed by atoms with Crippen LogP contribution in [-0.2, 0) is 4.74 Å². The molecule has 0 radical (unpaired) electrons. The highest BCUT2D eigenvalue weighted by molar-refractivity contribution is 5.42. The van der Waals surface area contributed by atoms with Crippen LogP contribution in [0.5, 0.6) is 0 Å². The van der Waals surface area contributed by atoms with Crippen molar-refractivity contribution < 1.29 is 4.74 Å². The maximum absolute atomic E-state index is 5.34. The van der Waals surface area contributed by atoms with Crippen LogP contribution in [0, 0.1) is 6.92 Å². The van der Waals surface area contributed by atoms with Gasteiger partial charge in [-0.1, -0.05) is 0 Å². The van der Waals surface area contributed by atoms with E-state index in [4.69, 9.17) is 10.6 Å². The first-order valence-electron chi connectivity index (χ1n) is 5.83. The molecular weight excluding hydrogens is 218 g/mol. The van der Waals surface area contributed by atoms with E-state index in [-0.39, 0.29) is 0 Å². The van der Waals surface area contributed by atoms with Crippen molar-refractivity contribution in [3.8, 4) is 0 Å². The molecule has 2 unspecified atom stereocenters. The highest BCUT2D eigenvalue weighted by Crippen LogP contribution is 2.24. The second-order valence-electron chi connectivity index (χ2n) is 4.37. The second-order valence-corrected chi connectivity index (χ2v) is 4.37. The molecular formula is C11H19N5O. The molecule has 2 atom stereocenters. The van der Waals surface area contributed by atoms with E-state index in [0.29, 0.717) is 18.1 Å². The Balaban J connectivity index is 2.01. The number of nitrogens with one attached hydrogen (secondary N) is 2. The normalized spacial score (nSPS) is 23.7. The SMILES string of the molecule is COC1CCC(Nc2cc(C)nc(NN)n2)C1. The lowest BCUT2D eigenvalue weighted by molar-refractivity contribution is 0.108. The number of hydrazine groups is 1. The third-order valence-corrected chi connectivity index (χ3v) is 3.05. The number of nitrogens with zero attached hydrogens (tertiary/aromatic N) is 2. The maximum Gasteiger partial charge on any atom is 0.239 e. The van der Waals surface area contributed by atoms with Crippen molar-refractivity contribution in [3.05, 3.63) is 11.8 Å². The molecule has 1 aromatic heterocycles. The zero-order valence-electron chi connectivity index (χ0n) is 10.2. The van der Waals surface area contributed by atoms with Crippen molar-refractivity contribution in [2.75, 3.05) is 17.9 Å². The first kappa shape index (κ1) is 12.1. The molecule has 4 N–H and O–H groups in total. The van der Waals surface area contributed by atoms with Crippen molar-refractivity contribution in [2.45, 2.75) is 38.3 Å². The number of nitrogens with two attached hydrogens (primary N) is 1. The summed E-state index contributed by atoms with van der Waals surface area (Å²) in [5, 5.41) is 3.39. The molecule has 1 aromatic rings. The van der Waals surface area contributed by atoms with E-state index in [1.54, 1.807) is 7.11 Å². The first-order valence-corrected chi connectivity index (χ1v) is 5.83. The van der Waals surface area contributed by atoms with Crippen LogP contribution in [0.1, 0.15) is 25.0 Å². The molecule has 1 aliphatic carbocycles. The molecule has 1 heterocycles. The predicted molar refractivity (Wildman–Crippen MR) is 66.6 cm³/mol. The Bertz CT molecular complexity index is 384. The number of ether oxygens (including phenoxy) is 1. The van der Waals surface area contributed by atoms with Crippen LogP contribution in [0.3, 0.4) is 0 Å². The summed E-state index contributed by atoms with van der Waals surface area (Å²) in [6, 6.07) is 2.33. The van der Waals surface area contributed by atoms with Crippen molar-refractivity contribution in [1.29, 1.82) is 0 Å². The van der Waals surface area contributed by atoms with Crippen LogP contribution in [0.15, 0.2) is 6.07 Å². The van der Waals surface area contributed by atoms with Gasteiger partial charge in [0.05, 0.1) is 6.10 Å². The van der Waals surface area contributed by atoms with Crippen LogP contribution in [-0.4, -0.2) is 29.2 Å². The van der Waals surface area contributed by atoms with Crippen LogP contribution in [0.25, 0.3) is 0 Å². The Morgan fingerprint density at radius 3 is 2.88 bits per heavy atom. The molecule has 0 aliphatic heterocycles. The van der Waals surface area contributed by atoms with Gasteiger partial charge in [0, 0.05) is 24.9 Å². The Labute approximate surface area is 101 Å². The van der Waals surface area contributed by atoms with Gasteiger partial charge >= 0.3 is 0 Å². The Hall–Kier alpha value is -1.40. The number of nitrogen functional groups attached to an aromatic ring is 1. The van der Waals surface area contributed by atoms with E-state index in [1.807, 2.05) is 13.0 Å². The van der Waals surface area contributed by atoms with Gasteiger partial charge in [0.15, 0.2) is 0 Å². The van der Waals surface area contributed by atoms with E-state index in [0.717, 1.165) is 30.8 Å². The summed E-state index contributed by atoms with van der Waals surface area (Å²) in [7, 11) is 1.76. The summed E-state index contributed by atoms with van der Waals surface area (Å²) in [5.41, 5.74) is 3.35. The number of methoxy groups -OCH3 is 1.